The van der Waals surface area contributed by atoms with Gasteiger partial charge in [-0.15, -0.1) is 0 Å². The second kappa shape index (κ2) is 5.99. The van der Waals surface area contributed by atoms with Crippen molar-refractivity contribution in [3.05, 3.63) is 35.4 Å². The number of fused-ring (bicyclic) bond motifs is 2. The lowest BCUT2D eigenvalue weighted by Crippen LogP contribution is -2.61. The summed E-state index contributed by atoms with van der Waals surface area (Å²) >= 11 is 0. The fraction of sp³-hybridized carbons (Fsp3) is 0.611. The molecule has 0 unspecified atom stereocenters. The van der Waals surface area contributed by atoms with E-state index in [-0.39, 0.29) is 24.0 Å². The maximum atomic E-state index is 14.4. The number of rotatable bonds is 2. The lowest BCUT2D eigenvalue weighted by Gasteiger charge is -2.51. The van der Waals surface area contributed by atoms with Gasteiger partial charge in [0.05, 0.1) is 6.04 Å². The number of benzene rings is 1. The lowest BCUT2D eigenvalue weighted by molar-refractivity contribution is 0.00335. The van der Waals surface area contributed by atoms with Gasteiger partial charge in [0.25, 0.3) is 0 Å². The number of carbonyl (C=O) groups is 1. The molecule has 4 saturated heterocycles. The van der Waals surface area contributed by atoms with Crippen LogP contribution in [0.4, 0.5) is 13.6 Å². The van der Waals surface area contributed by atoms with E-state index in [4.69, 9.17) is 0 Å². The van der Waals surface area contributed by atoms with E-state index in [2.05, 4.69) is 10.2 Å². The predicted molar refractivity (Wildman–Crippen MR) is 86.8 cm³/mol. The van der Waals surface area contributed by atoms with Crippen molar-refractivity contribution >= 4 is 6.03 Å². The lowest BCUT2D eigenvalue weighted by atomic mass is 9.75. The summed E-state index contributed by atoms with van der Waals surface area (Å²) < 4.78 is 28.2. The smallest absolute Gasteiger partial charge is 0.317 e. The number of likely N-dealkylation sites (tertiary alicyclic amines) is 1. The zero-order chi connectivity index (χ0) is 16.8. The van der Waals surface area contributed by atoms with E-state index in [1.165, 1.54) is 0 Å². The van der Waals surface area contributed by atoms with Crippen LogP contribution in [0, 0.1) is 17.6 Å². The van der Waals surface area contributed by atoms with E-state index < -0.39 is 11.6 Å². The second-order valence-corrected chi connectivity index (χ2v) is 7.09. The molecule has 6 heteroatoms. The molecule has 5 rings (SSSR count). The fourth-order valence-corrected chi connectivity index (χ4v) is 4.99. The number of amides is 2. The minimum Gasteiger partial charge on any atom is -0.338 e. The molecule has 3 atom stereocenters. The molecule has 130 valence electrons. The Balaban J connectivity index is 1.72. The predicted octanol–water partition coefficient (Wildman–Crippen LogP) is 2.56. The minimum absolute atomic E-state index is 0.0828. The number of halogens is 2. The summed E-state index contributed by atoms with van der Waals surface area (Å²) in [4.78, 5) is 16.8. The van der Waals surface area contributed by atoms with Crippen LogP contribution in [0.25, 0.3) is 0 Å². The Bertz CT molecular complexity index is 645. The first-order valence-corrected chi connectivity index (χ1v) is 8.84. The largest absolute Gasteiger partial charge is 0.338 e. The summed E-state index contributed by atoms with van der Waals surface area (Å²) in [5.74, 6) is -1.28. The fourth-order valence-electron chi connectivity index (χ4n) is 4.99. The standard InChI is InChI=1S/C18H23F2N3O/c1-2-21-18(24)23-10-13(12-4-3-5-14(19)15(12)20)17-16(23)11-6-8-22(17)9-7-11/h3-5,11,13,16-17H,2,6-10H2,1H3,(H,21,24)/t13-,16+,17+/m0/s1. The molecule has 0 aromatic heterocycles. The van der Waals surface area contributed by atoms with Gasteiger partial charge in [0.2, 0.25) is 0 Å². The van der Waals surface area contributed by atoms with Gasteiger partial charge in [-0.1, -0.05) is 12.1 Å². The van der Waals surface area contributed by atoms with Crippen molar-refractivity contribution in [3.8, 4) is 0 Å². The molecule has 1 aromatic carbocycles. The first kappa shape index (κ1) is 15.8. The highest BCUT2D eigenvalue weighted by molar-refractivity contribution is 5.75. The van der Waals surface area contributed by atoms with Gasteiger partial charge >= 0.3 is 6.03 Å². The van der Waals surface area contributed by atoms with Gasteiger partial charge in [-0.3, -0.25) is 4.90 Å². The van der Waals surface area contributed by atoms with Gasteiger partial charge in [-0.2, -0.15) is 0 Å². The highest BCUT2D eigenvalue weighted by Gasteiger charge is 2.55. The van der Waals surface area contributed by atoms with Crippen LogP contribution in [-0.2, 0) is 0 Å². The van der Waals surface area contributed by atoms with Crippen LogP contribution in [0.3, 0.4) is 0 Å². The summed E-state index contributed by atoms with van der Waals surface area (Å²) in [6.07, 6.45) is 2.16. The molecule has 4 nitrogen and oxygen atoms in total. The number of nitrogens with zero attached hydrogens (tertiary/aromatic N) is 2. The molecule has 0 aliphatic carbocycles. The second-order valence-electron chi connectivity index (χ2n) is 7.09. The average molecular weight is 335 g/mol. The summed E-state index contributed by atoms with van der Waals surface area (Å²) in [6, 6.07) is 4.50. The highest BCUT2D eigenvalue weighted by Crippen LogP contribution is 2.47. The normalized spacial score (nSPS) is 34.3. The minimum atomic E-state index is -0.809. The Morgan fingerprint density at radius 2 is 2.00 bits per heavy atom. The molecule has 0 radical (unpaired) electrons. The summed E-state index contributed by atoms with van der Waals surface area (Å²) in [6.45, 7) is 4.89. The number of urea groups is 1. The SMILES string of the molecule is CCNC(=O)N1C[C@@H](c2cccc(F)c2F)[C@@H]2[C@H]1C1CCN2CC1. The summed E-state index contributed by atoms with van der Waals surface area (Å²) in [7, 11) is 0. The van der Waals surface area contributed by atoms with Gasteiger partial charge < -0.3 is 10.2 Å². The Morgan fingerprint density at radius 3 is 2.71 bits per heavy atom. The molecular weight excluding hydrogens is 312 g/mol. The molecule has 2 bridgehead atoms. The van der Waals surface area contributed by atoms with E-state index >= 15 is 0 Å². The first-order chi connectivity index (χ1) is 11.6. The van der Waals surface area contributed by atoms with Gasteiger partial charge in [-0.05, 0) is 50.4 Å². The molecule has 4 heterocycles. The Kier molecular flexibility index (Phi) is 3.95. The van der Waals surface area contributed by atoms with E-state index in [1.807, 2.05) is 11.8 Å². The molecule has 0 spiro atoms. The molecule has 1 aromatic rings. The molecule has 4 fully saturated rings. The van der Waals surface area contributed by atoms with Crippen LogP contribution in [0.1, 0.15) is 31.2 Å². The van der Waals surface area contributed by atoms with E-state index in [0.29, 0.717) is 24.6 Å². The van der Waals surface area contributed by atoms with Crippen molar-refractivity contribution in [2.75, 3.05) is 26.2 Å². The van der Waals surface area contributed by atoms with Crippen molar-refractivity contribution in [1.29, 1.82) is 0 Å². The highest BCUT2D eigenvalue weighted by atomic mass is 19.2. The Labute approximate surface area is 140 Å². The monoisotopic (exact) mass is 335 g/mol. The van der Waals surface area contributed by atoms with Gasteiger partial charge in [0.15, 0.2) is 11.6 Å². The quantitative estimate of drug-likeness (QED) is 0.902. The third-order valence-corrected chi connectivity index (χ3v) is 5.96. The van der Waals surface area contributed by atoms with E-state index in [9.17, 15) is 13.6 Å². The number of carbonyl (C=O) groups excluding carboxylic acids is 1. The molecule has 4 aliphatic heterocycles. The van der Waals surface area contributed by atoms with E-state index in [0.717, 1.165) is 32.0 Å². The molecule has 0 saturated carbocycles. The number of piperidine rings is 3. The molecular formula is C18H23F2N3O. The van der Waals surface area contributed by atoms with Crippen molar-refractivity contribution in [3.63, 3.8) is 0 Å². The van der Waals surface area contributed by atoms with Gasteiger partial charge in [-0.25, -0.2) is 13.6 Å². The van der Waals surface area contributed by atoms with Crippen LogP contribution in [-0.4, -0.2) is 54.1 Å². The third kappa shape index (κ3) is 2.31. The molecule has 4 aliphatic rings. The topological polar surface area (TPSA) is 35.6 Å². The average Bonchev–Trinajstić information content (AvgIpc) is 3.01. The maximum Gasteiger partial charge on any atom is 0.317 e. The van der Waals surface area contributed by atoms with Gasteiger partial charge in [0.1, 0.15) is 0 Å². The van der Waals surface area contributed by atoms with E-state index in [1.54, 1.807) is 12.1 Å². The Morgan fingerprint density at radius 1 is 1.25 bits per heavy atom. The summed E-state index contributed by atoms with van der Waals surface area (Å²) in [5.41, 5.74) is 0.407. The van der Waals surface area contributed by atoms with Crippen molar-refractivity contribution in [2.45, 2.75) is 37.8 Å². The maximum absolute atomic E-state index is 14.4. The van der Waals surface area contributed by atoms with Crippen LogP contribution >= 0.6 is 0 Å². The summed E-state index contributed by atoms with van der Waals surface area (Å²) in [5, 5.41) is 2.88. The van der Waals surface area contributed by atoms with Crippen molar-refractivity contribution in [2.24, 2.45) is 5.92 Å². The van der Waals surface area contributed by atoms with Crippen LogP contribution < -0.4 is 5.32 Å². The first-order valence-electron chi connectivity index (χ1n) is 8.84. The molecule has 2 amide bonds. The zero-order valence-corrected chi connectivity index (χ0v) is 13.8. The van der Waals surface area contributed by atoms with Crippen molar-refractivity contribution in [1.82, 2.24) is 15.1 Å². The van der Waals surface area contributed by atoms with Crippen LogP contribution in [0.5, 0.6) is 0 Å². The number of hydrogen-bond acceptors (Lipinski definition) is 2. The van der Waals surface area contributed by atoms with Crippen LogP contribution in [0.2, 0.25) is 0 Å². The van der Waals surface area contributed by atoms with Gasteiger partial charge in [0, 0.05) is 25.0 Å². The molecule has 1 N–H and O–H groups in total. The zero-order valence-electron chi connectivity index (χ0n) is 13.8. The Hall–Kier alpha value is -1.69. The number of hydrogen-bond donors (Lipinski definition) is 1. The molecule has 24 heavy (non-hydrogen) atoms. The van der Waals surface area contributed by atoms with Crippen molar-refractivity contribution < 1.29 is 13.6 Å². The number of nitrogens with one attached hydrogen (secondary N) is 1. The third-order valence-electron chi connectivity index (χ3n) is 5.96. The van der Waals surface area contributed by atoms with Crippen LogP contribution in [0.15, 0.2) is 18.2 Å².